The number of hydrogen-bond acceptors (Lipinski definition) is 4. The summed E-state index contributed by atoms with van der Waals surface area (Å²) >= 11 is 0. The number of halogens is 1. The Bertz CT molecular complexity index is 507. The normalized spacial score (nSPS) is 13.4. The Morgan fingerprint density at radius 2 is 1.70 bits per heavy atom. The Kier molecular flexibility index (Phi) is 5.55. The van der Waals surface area contributed by atoms with E-state index < -0.39 is 23.6 Å². The van der Waals surface area contributed by atoms with E-state index in [-0.39, 0.29) is 18.0 Å². The Hall–Kier alpha value is -2.04. The number of carbonyl (C=O) groups is 3. The summed E-state index contributed by atoms with van der Waals surface area (Å²) in [6.07, 6.45) is 0.0188. The van der Waals surface area contributed by atoms with Crippen LogP contribution in [0.1, 0.15) is 31.7 Å². The van der Waals surface area contributed by atoms with Gasteiger partial charge in [-0.1, -0.05) is 12.1 Å². The molecule has 0 saturated heterocycles. The Balaban J connectivity index is 3.21. The first kappa shape index (κ1) is 16.0. The molecular formula is C15H17FO4. The number of esters is 1. The van der Waals surface area contributed by atoms with Crippen molar-refractivity contribution in [2.24, 2.45) is 5.92 Å². The second-order valence-electron chi connectivity index (χ2n) is 4.68. The highest BCUT2D eigenvalue weighted by atomic mass is 19.1. The predicted octanol–water partition coefficient (Wildman–Crippen LogP) is 2.27. The lowest BCUT2D eigenvalue weighted by Gasteiger charge is -2.22. The van der Waals surface area contributed by atoms with Crippen molar-refractivity contribution < 1.29 is 23.5 Å². The number of rotatable bonds is 6. The van der Waals surface area contributed by atoms with E-state index in [1.807, 2.05) is 0 Å². The van der Waals surface area contributed by atoms with Crippen LogP contribution in [-0.2, 0) is 19.1 Å². The predicted molar refractivity (Wildman–Crippen MR) is 70.6 cm³/mol. The lowest BCUT2D eigenvalue weighted by atomic mass is 9.80. The van der Waals surface area contributed by atoms with Gasteiger partial charge in [0.2, 0.25) is 0 Å². The molecule has 108 valence electrons. The van der Waals surface area contributed by atoms with Crippen molar-refractivity contribution in [1.29, 1.82) is 0 Å². The second kappa shape index (κ2) is 6.93. The first-order valence-electron chi connectivity index (χ1n) is 6.20. The van der Waals surface area contributed by atoms with E-state index in [0.29, 0.717) is 5.56 Å². The van der Waals surface area contributed by atoms with Crippen LogP contribution in [-0.4, -0.2) is 24.6 Å². The van der Waals surface area contributed by atoms with Crippen molar-refractivity contribution in [2.75, 3.05) is 7.11 Å². The summed E-state index contributed by atoms with van der Waals surface area (Å²) in [6.45, 7) is 2.66. The van der Waals surface area contributed by atoms with Crippen molar-refractivity contribution in [3.63, 3.8) is 0 Å². The third kappa shape index (κ3) is 3.98. The van der Waals surface area contributed by atoms with Gasteiger partial charge in [0.15, 0.2) is 0 Å². The fourth-order valence-electron chi connectivity index (χ4n) is 2.19. The molecule has 4 nitrogen and oxygen atoms in total. The number of hydrogen-bond donors (Lipinski definition) is 0. The van der Waals surface area contributed by atoms with Crippen LogP contribution in [0.3, 0.4) is 0 Å². The van der Waals surface area contributed by atoms with Gasteiger partial charge in [0.1, 0.15) is 23.3 Å². The van der Waals surface area contributed by atoms with Gasteiger partial charge in [-0.25, -0.2) is 4.39 Å². The molecule has 0 N–H and O–H groups in total. The van der Waals surface area contributed by atoms with E-state index in [1.165, 1.54) is 45.2 Å². The SMILES string of the molecule is COC(=O)[C@H](C(C)=O)[C@H](CC(C)=O)c1ccc(F)cc1. The zero-order valence-corrected chi connectivity index (χ0v) is 11.7. The van der Waals surface area contributed by atoms with E-state index >= 15 is 0 Å². The topological polar surface area (TPSA) is 60.4 Å². The third-order valence-electron chi connectivity index (χ3n) is 3.10. The summed E-state index contributed by atoms with van der Waals surface area (Å²) in [4.78, 5) is 34.9. The van der Waals surface area contributed by atoms with Gasteiger partial charge >= 0.3 is 5.97 Å². The number of ether oxygens (including phenoxy) is 1. The van der Waals surface area contributed by atoms with Crippen LogP contribution in [0.5, 0.6) is 0 Å². The molecule has 0 radical (unpaired) electrons. The van der Waals surface area contributed by atoms with Crippen LogP contribution in [0.4, 0.5) is 4.39 Å². The molecule has 1 rings (SSSR count). The molecule has 0 aromatic heterocycles. The van der Waals surface area contributed by atoms with Crippen molar-refractivity contribution in [1.82, 2.24) is 0 Å². The van der Waals surface area contributed by atoms with E-state index in [4.69, 9.17) is 0 Å². The Morgan fingerprint density at radius 1 is 1.15 bits per heavy atom. The van der Waals surface area contributed by atoms with Crippen molar-refractivity contribution in [3.8, 4) is 0 Å². The minimum atomic E-state index is -1.06. The highest BCUT2D eigenvalue weighted by Crippen LogP contribution is 2.30. The average Bonchev–Trinajstić information content (AvgIpc) is 2.37. The van der Waals surface area contributed by atoms with Gasteiger partial charge in [-0.15, -0.1) is 0 Å². The maximum Gasteiger partial charge on any atom is 0.316 e. The summed E-state index contributed by atoms with van der Waals surface area (Å²) in [5.74, 6) is -3.35. The third-order valence-corrected chi connectivity index (χ3v) is 3.10. The van der Waals surface area contributed by atoms with Gasteiger partial charge < -0.3 is 9.53 Å². The molecule has 0 fully saturated rings. The molecule has 0 spiro atoms. The van der Waals surface area contributed by atoms with E-state index in [1.54, 1.807) is 0 Å². The van der Waals surface area contributed by atoms with Crippen LogP contribution in [0.25, 0.3) is 0 Å². The van der Waals surface area contributed by atoms with E-state index in [9.17, 15) is 18.8 Å². The van der Waals surface area contributed by atoms with Crippen LogP contribution >= 0.6 is 0 Å². The number of benzene rings is 1. The van der Waals surface area contributed by atoms with Crippen LogP contribution in [0.15, 0.2) is 24.3 Å². The van der Waals surface area contributed by atoms with Crippen LogP contribution < -0.4 is 0 Å². The summed E-state index contributed by atoms with van der Waals surface area (Å²) in [7, 11) is 1.19. The lowest BCUT2D eigenvalue weighted by Crippen LogP contribution is -2.31. The first-order chi connectivity index (χ1) is 9.36. The van der Waals surface area contributed by atoms with Crippen LogP contribution in [0, 0.1) is 11.7 Å². The number of Topliss-reactive ketones (excluding diaryl/α,β-unsaturated/α-hetero) is 2. The summed E-state index contributed by atoms with van der Waals surface area (Å²) in [5.41, 5.74) is 0.562. The first-order valence-corrected chi connectivity index (χ1v) is 6.20. The molecule has 1 aromatic rings. The average molecular weight is 280 g/mol. The molecular weight excluding hydrogens is 263 g/mol. The molecule has 0 amide bonds. The molecule has 0 aliphatic rings. The van der Waals surface area contributed by atoms with Gasteiger partial charge in [-0.3, -0.25) is 9.59 Å². The molecule has 0 aliphatic carbocycles. The minimum Gasteiger partial charge on any atom is -0.468 e. The molecule has 0 saturated carbocycles. The second-order valence-corrected chi connectivity index (χ2v) is 4.68. The Morgan fingerprint density at radius 3 is 2.10 bits per heavy atom. The highest BCUT2D eigenvalue weighted by molar-refractivity contribution is 5.99. The molecule has 5 heteroatoms. The largest absolute Gasteiger partial charge is 0.468 e. The van der Waals surface area contributed by atoms with Crippen molar-refractivity contribution >= 4 is 17.5 Å². The van der Waals surface area contributed by atoms with Crippen molar-refractivity contribution in [2.45, 2.75) is 26.2 Å². The number of methoxy groups -OCH3 is 1. The van der Waals surface area contributed by atoms with Gasteiger partial charge in [0.05, 0.1) is 7.11 Å². The van der Waals surface area contributed by atoms with E-state index in [2.05, 4.69) is 4.74 Å². The van der Waals surface area contributed by atoms with Gasteiger partial charge in [0.25, 0.3) is 0 Å². The quantitative estimate of drug-likeness (QED) is 0.592. The monoisotopic (exact) mass is 280 g/mol. The van der Waals surface area contributed by atoms with Gasteiger partial charge in [0, 0.05) is 12.3 Å². The summed E-state index contributed by atoms with van der Waals surface area (Å²) in [5, 5.41) is 0. The summed E-state index contributed by atoms with van der Waals surface area (Å²) < 4.78 is 17.6. The van der Waals surface area contributed by atoms with Crippen molar-refractivity contribution in [3.05, 3.63) is 35.6 Å². The fourth-order valence-corrected chi connectivity index (χ4v) is 2.19. The maximum atomic E-state index is 13.0. The zero-order chi connectivity index (χ0) is 15.3. The molecule has 1 aromatic carbocycles. The molecule has 2 atom stereocenters. The smallest absolute Gasteiger partial charge is 0.316 e. The Labute approximate surface area is 116 Å². The van der Waals surface area contributed by atoms with Crippen LogP contribution in [0.2, 0.25) is 0 Å². The number of carbonyl (C=O) groups excluding carboxylic acids is 3. The summed E-state index contributed by atoms with van der Waals surface area (Å²) in [6, 6.07) is 5.41. The highest BCUT2D eigenvalue weighted by Gasteiger charge is 2.35. The molecule has 0 heterocycles. The standard InChI is InChI=1S/C15H17FO4/c1-9(17)8-13(11-4-6-12(16)7-5-11)14(10(2)18)15(19)20-3/h4-7,13-14H,8H2,1-3H3/t13-,14-/m1/s1. The zero-order valence-electron chi connectivity index (χ0n) is 11.7. The molecule has 20 heavy (non-hydrogen) atoms. The maximum absolute atomic E-state index is 13.0. The minimum absolute atomic E-state index is 0.0188. The van der Waals surface area contributed by atoms with E-state index in [0.717, 1.165) is 0 Å². The molecule has 0 unspecified atom stereocenters. The molecule has 0 aliphatic heterocycles. The fraction of sp³-hybridized carbons (Fsp3) is 0.400. The van der Waals surface area contributed by atoms with Gasteiger partial charge in [-0.2, -0.15) is 0 Å². The molecule has 0 bridgehead atoms. The number of ketones is 2. The van der Waals surface area contributed by atoms with Gasteiger partial charge in [-0.05, 0) is 31.5 Å². The lowest BCUT2D eigenvalue weighted by molar-refractivity contribution is -0.150.